The number of aryl methyl sites for hydroxylation is 1. The van der Waals surface area contributed by atoms with Crippen LogP contribution in [0, 0.1) is 12.8 Å². The maximum Gasteiger partial charge on any atom is 0.287 e. The van der Waals surface area contributed by atoms with Crippen molar-refractivity contribution in [2.75, 3.05) is 20.1 Å². The van der Waals surface area contributed by atoms with E-state index in [1.165, 1.54) is 38.4 Å². The predicted octanol–water partition coefficient (Wildman–Crippen LogP) is 3.46. The molecule has 1 aliphatic carbocycles. The summed E-state index contributed by atoms with van der Waals surface area (Å²) in [4.78, 5) is 16.2. The van der Waals surface area contributed by atoms with Crippen LogP contribution >= 0.6 is 24.0 Å². The van der Waals surface area contributed by atoms with Crippen LogP contribution in [0.1, 0.15) is 61.6 Å². The van der Waals surface area contributed by atoms with Crippen molar-refractivity contribution in [3.63, 3.8) is 0 Å². The molecule has 0 bridgehead atoms. The maximum atomic E-state index is 11.9. The van der Waals surface area contributed by atoms with E-state index in [0.29, 0.717) is 18.3 Å². The lowest BCUT2D eigenvalue weighted by atomic mass is 9.84. The van der Waals surface area contributed by atoms with E-state index in [4.69, 9.17) is 4.42 Å². The Hall–Kier alpha value is -1.25. The summed E-state index contributed by atoms with van der Waals surface area (Å²) < 4.78 is 5.18. The van der Waals surface area contributed by atoms with Gasteiger partial charge in [-0.2, -0.15) is 0 Å². The SMILES string of the molecule is CCC1CCC(NC(=NC)NCCCNC(=O)c2occc2C)CC1.I. The number of rotatable bonds is 7. The number of nitrogens with zero attached hydrogens (tertiary/aromatic N) is 1. The van der Waals surface area contributed by atoms with Crippen molar-refractivity contribution >= 4 is 35.8 Å². The number of halogens is 1. The summed E-state index contributed by atoms with van der Waals surface area (Å²) in [6, 6.07) is 2.32. The highest BCUT2D eigenvalue weighted by Crippen LogP contribution is 2.26. The fraction of sp³-hybridized carbons (Fsp3) is 0.684. The molecule has 3 N–H and O–H groups in total. The van der Waals surface area contributed by atoms with Gasteiger partial charge in [0.05, 0.1) is 6.26 Å². The molecule has 148 valence electrons. The fourth-order valence-corrected chi connectivity index (χ4v) is 3.29. The van der Waals surface area contributed by atoms with Crippen LogP contribution in [-0.4, -0.2) is 38.0 Å². The molecule has 0 aromatic carbocycles. The van der Waals surface area contributed by atoms with Crippen LogP contribution in [0.4, 0.5) is 0 Å². The van der Waals surface area contributed by atoms with Crippen LogP contribution in [0.2, 0.25) is 0 Å². The number of guanidine groups is 1. The molecule has 1 aliphatic rings. The minimum Gasteiger partial charge on any atom is -0.459 e. The summed E-state index contributed by atoms with van der Waals surface area (Å²) in [7, 11) is 1.80. The summed E-state index contributed by atoms with van der Waals surface area (Å²) >= 11 is 0. The van der Waals surface area contributed by atoms with Gasteiger partial charge in [-0.15, -0.1) is 24.0 Å². The lowest BCUT2D eigenvalue weighted by Crippen LogP contribution is -2.45. The van der Waals surface area contributed by atoms with E-state index in [1.807, 2.05) is 6.92 Å². The molecule has 0 aliphatic heterocycles. The molecule has 0 atom stereocenters. The standard InChI is InChI=1S/C19H32N4O2.HI/c1-4-15-6-8-16(9-7-15)23-19(20-3)22-12-5-11-21-18(24)17-14(2)10-13-25-17;/h10,13,15-16H,4-9,11-12H2,1-3H3,(H,21,24)(H2,20,22,23);1H. The van der Waals surface area contributed by atoms with Crippen LogP contribution < -0.4 is 16.0 Å². The second-order valence-corrected chi connectivity index (χ2v) is 6.81. The van der Waals surface area contributed by atoms with Crippen LogP contribution in [0.15, 0.2) is 21.7 Å². The summed E-state index contributed by atoms with van der Waals surface area (Å²) in [6.45, 7) is 5.51. The van der Waals surface area contributed by atoms with Gasteiger partial charge in [-0.3, -0.25) is 9.79 Å². The third-order valence-corrected chi connectivity index (χ3v) is 4.99. The van der Waals surface area contributed by atoms with Gasteiger partial charge in [-0.25, -0.2) is 0 Å². The largest absolute Gasteiger partial charge is 0.459 e. The Balaban J connectivity index is 0.00000338. The molecule has 1 aromatic heterocycles. The molecule has 0 radical (unpaired) electrons. The van der Waals surface area contributed by atoms with Crippen molar-refractivity contribution in [3.05, 3.63) is 23.7 Å². The highest BCUT2D eigenvalue weighted by atomic mass is 127. The van der Waals surface area contributed by atoms with Gasteiger partial charge in [0.2, 0.25) is 0 Å². The van der Waals surface area contributed by atoms with Gasteiger partial charge in [-0.1, -0.05) is 13.3 Å². The van der Waals surface area contributed by atoms with Gasteiger partial charge in [0.15, 0.2) is 11.7 Å². The van der Waals surface area contributed by atoms with Gasteiger partial charge in [0.25, 0.3) is 5.91 Å². The number of furan rings is 1. The second-order valence-electron chi connectivity index (χ2n) is 6.81. The summed E-state index contributed by atoms with van der Waals surface area (Å²) in [5.41, 5.74) is 0.859. The van der Waals surface area contributed by atoms with E-state index in [1.54, 1.807) is 13.1 Å². The van der Waals surface area contributed by atoms with Gasteiger partial charge < -0.3 is 20.4 Å². The summed E-state index contributed by atoms with van der Waals surface area (Å²) in [5.74, 6) is 1.99. The first kappa shape index (κ1) is 22.8. The van der Waals surface area contributed by atoms with Gasteiger partial charge >= 0.3 is 0 Å². The zero-order chi connectivity index (χ0) is 18.1. The van der Waals surface area contributed by atoms with E-state index in [2.05, 4.69) is 27.9 Å². The summed E-state index contributed by atoms with van der Waals surface area (Å²) in [6.07, 6.45) is 8.72. The van der Waals surface area contributed by atoms with Crippen molar-refractivity contribution in [1.82, 2.24) is 16.0 Å². The average Bonchev–Trinajstić information content (AvgIpc) is 3.07. The lowest BCUT2D eigenvalue weighted by Gasteiger charge is -2.29. The number of nitrogens with one attached hydrogen (secondary N) is 3. The van der Waals surface area contributed by atoms with Crippen molar-refractivity contribution < 1.29 is 9.21 Å². The smallest absolute Gasteiger partial charge is 0.287 e. The second kappa shape index (κ2) is 12.2. The number of carbonyl (C=O) groups is 1. The predicted molar refractivity (Wildman–Crippen MR) is 116 cm³/mol. The van der Waals surface area contributed by atoms with Gasteiger partial charge in [-0.05, 0) is 51.0 Å². The minimum atomic E-state index is -0.155. The Morgan fingerprint density at radius 2 is 1.92 bits per heavy atom. The number of hydrogen-bond acceptors (Lipinski definition) is 3. The van der Waals surface area contributed by atoms with Crippen LogP contribution in [-0.2, 0) is 0 Å². The van der Waals surface area contributed by atoms with E-state index in [9.17, 15) is 4.79 Å². The zero-order valence-electron chi connectivity index (χ0n) is 16.1. The monoisotopic (exact) mass is 476 g/mol. The first-order chi connectivity index (χ1) is 12.1. The molecule has 1 fully saturated rings. The zero-order valence-corrected chi connectivity index (χ0v) is 18.5. The molecule has 0 spiro atoms. The molecule has 1 aromatic rings. The Morgan fingerprint density at radius 1 is 1.23 bits per heavy atom. The van der Waals surface area contributed by atoms with Crippen LogP contribution in [0.5, 0.6) is 0 Å². The van der Waals surface area contributed by atoms with Crippen molar-refractivity contribution in [1.29, 1.82) is 0 Å². The highest BCUT2D eigenvalue weighted by molar-refractivity contribution is 14.0. The molecule has 0 unspecified atom stereocenters. The molecule has 0 saturated heterocycles. The first-order valence-corrected chi connectivity index (χ1v) is 9.43. The Morgan fingerprint density at radius 3 is 2.50 bits per heavy atom. The van der Waals surface area contributed by atoms with Gasteiger partial charge in [0.1, 0.15) is 0 Å². The molecule has 7 heteroatoms. The molecule has 1 amide bonds. The van der Waals surface area contributed by atoms with E-state index >= 15 is 0 Å². The molecule has 6 nitrogen and oxygen atoms in total. The van der Waals surface area contributed by atoms with Crippen molar-refractivity contribution in [2.45, 2.75) is 58.4 Å². The van der Waals surface area contributed by atoms with Crippen molar-refractivity contribution in [2.24, 2.45) is 10.9 Å². The average molecular weight is 476 g/mol. The number of hydrogen-bond donors (Lipinski definition) is 3. The number of carbonyl (C=O) groups excluding carboxylic acids is 1. The molecular formula is C19H33IN4O2. The Labute approximate surface area is 174 Å². The Bertz CT molecular complexity index is 566. The van der Waals surface area contributed by atoms with Crippen LogP contribution in [0.3, 0.4) is 0 Å². The number of amides is 1. The first-order valence-electron chi connectivity index (χ1n) is 9.43. The molecule has 2 rings (SSSR count). The molecular weight excluding hydrogens is 443 g/mol. The third kappa shape index (κ3) is 7.17. The normalized spacial score (nSPS) is 20.2. The summed E-state index contributed by atoms with van der Waals surface area (Å²) in [5, 5.41) is 9.72. The van der Waals surface area contributed by atoms with E-state index in [-0.39, 0.29) is 29.9 Å². The highest BCUT2D eigenvalue weighted by Gasteiger charge is 2.20. The minimum absolute atomic E-state index is 0. The van der Waals surface area contributed by atoms with Crippen LogP contribution in [0.25, 0.3) is 0 Å². The van der Waals surface area contributed by atoms with E-state index in [0.717, 1.165) is 30.4 Å². The van der Waals surface area contributed by atoms with Crippen molar-refractivity contribution in [3.8, 4) is 0 Å². The maximum absolute atomic E-state index is 11.9. The van der Waals surface area contributed by atoms with Gasteiger partial charge in [0, 0.05) is 31.7 Å². The molecule has 26 heavy (non-hydrogen) atoms. The topological polar surface area (TPSA) is 78.7 Å². The number of aliphatic imine (C=N–C) groups is 1. The lowest BCUT2D eigenvalue weighted by molar-refractivity contribution is 0.0925. The van der Waals surface area contributed by atoms with E-state index < -0.39 is 0 Å². The Kier molecular flexibility index (Phi) is 10.7. The fourth-order valence-electron chi connectivity index (χ4n) is 3.29. The quantitative estimate of drug-likeness (QED) is 0.244. The third-order valence-electron chi connectivity index (χ3n) is 4.99. The molecule has 1 heterocycles. The molecule has 1 saturated carbocycles.